The number of carbonyl (C=O) groups excluding carboxylic acids is 1. The lowest BCUT2D eigenvalue weighted by atomic mass is 9.99. The Hall–Kier alpha value is -0.610. The minimum Gasteiger partial charge on any atom is -0.465 e. The predicted octanol–water partition coefficient (Wildman–Crippen LogP) is 1.65. The Morgan fingerprint density at radius 3 is 2.50 bits per heavy atom. The van der Waals surface area contributed by atoms with E-state index in [1.54, 1.807) is 0 Å². The Bertz CT molecular complexity index is 248. The van der Waals surface area contributed by atoms with E-state index in [9.17, 15) is 4.79 Å². The van der Waals surface area contributed by atoms with E-state index in [4.69, 9.17) is 4.74 Å². The topological polar surface area (TPSA) is 41.6 Å². The third kappa shape index (κ3) is 5.36. The van der Waals surface area contributed by atoms with Gasteiger partial charge in [-0.3, -0.25) is 4.79 Å². The summed E-state index contributed by atoms with van der Waals surface area (Å²) in [5.41, 5.74) is 0. The van der Waals surface area contributed by atoms with Crippen LogP contribution in [-0.4, -0.2) is 49.2 Å². The fourth-order valence-electron chi connectivity index (χ4n) is 2.34. The quantitative estimate of drug-likeness (QED) is 0.734. The van der Waals surface area contributed by atoms with Gasteiger partial charge in [0.1, 0.15) is 6.04 Å². The normalized spacial score (nSPS) is 20.1. The fourth-order valence-corrected chi connectivity index (χ4v) is 2.34. The zero-order chi connectivity index (χ0) is 13.5. The van der Waals surface area contributed by atoms with E-state index in [0.29, 0.717) is 12.6 Å². The SMILES string of the molecule is CCOC(=O)C(CN1CCC(C)CC1)NC(C)C. The molecule has 1 heterocycles. The summed E-state index contributed by atoms with van der Waals surface area (Å²) in [6.45, 7) is 11.7. The molecule has 18 heavy (non-hydrogen) atoms. The number of nitrogens with zero attached hydrogens (tertiary/aromatic N) is 1. The van der Waals surface area contributed by atoms with Gasteiger partial charge in [0.2, 0.25) is 0 Å². The molecule has 0 bridgehead atoms. The van der Waals surface area contributed by atoms with Crippen LogP contribution >= 0.6 is 0 Å². The third-order valence-electron chi connectivity index (χ3n) is 3.42. The lowest BCUT2D eigenvalue weighted by Gasteiger charge is -2.33. The lowest BCUT2D eigenvalue weighted by Crippen LogP contribution is -2.50. The Morgan fingerprint density at radius 1 is 1.39 bits per heavy atom. The maximum atomic E-state index is 11.9. The Balaban J connectivity index is 2.47. The van der Waals surface area contributed by atoms with Crippen molar-refractivity contribution in [1.82, 2.24) is 10.2 Å². The van der Waals surface area contributed by atoms with Gasteiger partial charge in [-0.25, -0.2) is 0 Å². The molecular weight excluding hydrogens is 228 g/mol. The van der Waals surface area contributed by atoms with Crippen LogP contribution < -0.4 is 5.32 Å². The zero-order valence-corrected chi connectivity index (χ0v) is 12.2. The van der Waals surface area contributed by atoms with Gasteiger partial charge in [0.25, 0.3) is 0 Å². The van der Waals surface area contributed by atoms with Crippen LogP contribution in [0.1, 0.15) is 40.5 Å². The number of hydrogen-bond donors (Lipinski definition) is 1. The molecule has 0 aromatic carbocycles. The highest BCUT2D eigenvalue weighted by Gasteiger charge is 2.25. The minimum absolute atomic E-state index is 0.121. The van der Waals surface area contributed by atoms with Crippen molar-refractivity contribution < 1.29 is 9.53 Å². The van der Waals surface area contributed by atoms with Crippen LogP contribution in [0.2, 0.25) is 0 Å². The van der Waals surface area contributed by atoms with Crippen LogP contribution in [0.3, 0.4) is 0 Å². The van der Waals surface area contributed by atoms with Gasteiger partial charge in [0.15, 0.2) is 0 Å². The average Bonchev–Trinajstić information content (AvgIpc) is 2.31. The van der Waals surface area contributed by atoms with Crippen LogP contribution in [0.15, 0.2) is 0 Å². The first-order valence-corrected chi connectivity index (χ1v) is 7.18. The summed E-state index contributed by atoms with van der Waals surface area (Å²) in [4.78, 5) is 14.3. The van der Waals surface area contributed by atoms with Crippen LogP contribution in [-0.2, 0) is 9.53 Å². The first-order chi connectivity index (χ1) is 8.52. The summed E-state index contributed by atoms with van der Waals surface area (Å²) in [6.07, 6.45) is 2.47. The standard InChI is InChI=1S/C14H28N2O2/c1-5-18-14(17)13(15-11(2)3)10-16-8-6-12(4)7-9-16/h11-13,15H,5-10H2,1-4H3. The maximum Gasteiger partial charge on any atom is 0.324 e. The number of esters is 1. The molecule has 1 aliphatic heterocycles. The van der Waals surface area contributed by atoms with Crippen molar-refractivity contribution in [3.63, 3.8) is 0 Å². The maximum absolute atomic E-state index is 11.9. The van der Waals surface area contributed by atoms with Crippen LogP contribution in [0.4, 0.5) is 0 Å². The number of rotatable bonds is 6. The van der Waals surface area contributed by atoms with Gasteiger partial charge in [-0.05, 0) is 38.8 Å². The van der Waals surface area contributed by atoms with Gasteiger partial charge in [-0.15, -0.1) is 0 Å². The molecule has 1 rings (SSSR count). The molecule has 0 radical (unpaired) electrons. The molecule has 4 nitrogen and oxygen atoms in total. The average molecular weight is 256 g/mol. The van der Waals surface area contributed by atoms with E-state index in [-0.39, 0.29) is 12.0 Å². The highest BCUT2D eigenvalue weighted by molar-refractivity contribution is 5.76. The van der Waals surface area contributed by atoms with Crippen LogP contribution in [0, 0.1) is 5.92 Å². The second-order valence-corrected chi connectivity index (χ2v) is 5.61. The second-order valence-electron chi connectivity index (χ2n) is 5.61. The van der Waals surface area contributed by atoms with E-state index in [1.165, 1.54) is 12.8 Å². The number of likely N-dealkylation sites (tertiary alicyclic amines) is 1. The van der Waals surface area contributed by atoms with Gasteiger partial charge in [-0.2, -0.15) is 0 Å². The summed E-state index contributed by atoms with van der Waals surface area (Å²) in [5, 5.41) is 3.31. The van der Waals surface area contributed by atoms with E-state index in [1.807, 2.05) is 6.92 Å². The summed E-state index contributed by atoms with van der Waals surface area (Å²) in [5.74, 6) is 0.699. The molecule has 0 aromatic rings. The Labute approximate surface area is 111 Å². The Morgan fingerprint density at radius 2 is 2.00 bits per heavy atom. The molecule has 0 aromatic heterocycles. The molecule has 1 aliphatic rings. The largest absolute Gasteiger partial charge is 0.465 e. The van der Waals surface area contributed by atoms with Crippen molar-refractivity contribution in [3.05, 3.63) is 0 Å². The summed E-state index contributed by atoms with van der Waals surface area (Å²) in [6, 6.07) is 0.0986. The van der Waals surface area contributed by atoms with Crippen LogP contribution in [0.5, 0.6) is 0 Å². The summed E-state index contributed by atoms with van der Waals surface area (Å²) < 4.78 is 5.14. The molecule has 1 atom stereocenters. The second kappa shape index (κ2) is 7.74. The molecule has 0 spiro atoms. The van der Waals surface area contributed by atoms with Gasteiger partial charge in [0.05, 0.1) is 6.61 Å². The van der Waals surface area contributed by atoms with Crippen molar-refractivity contribution in [2.75, 3.05) is 26.2 Å². The molecule has 106 valence electrons. The summed E-state index contributed by atoms with van der Waals surface area (Å²) in [7, 11) is 0. The lowest BCUT2D eigenvalue weighted by molar-refractivity contribution is -0.146. The highest BCUT2D eigenvalue weighted by Crippen LogP contribution is 2.16. The van der Waals surface area contributed by atoms with Gasteiger partial charge < -0.3 is 15.0 Å². The van der Waals surface area contributed by atoms with E-state index in [2.05, 4.69) is 31.0 Å². The number of ether oxygens (including phenoxy) is 1. The first-order valence-electron chi connectivity index (χ1n) is 7.18. The molecule has 1 N–H and O–H groups in total. The van der Waals surface area contributed by atoms with Crippen molar-refractivity contribution in [2.24, 2.45) is 5.92 Å². The molecule has 0 saturated carbocycles. The predicted molar refractivity (Wildman–Crippen MR) is 73.5 cm³/mol. The molecule has 1 saturated heterocycles. The Kier molecular flexibility index (Phi) is 6.65. The molecule has 4 heteroatoms. The van der Waals surface area contributed by atoms with Gasteiger partial charge in [-0.1, -0.05) is 20.8 Å². The minimum atomic E-state index is -0.196. The molecule has 1 unspecified atom stereocenters. The number of piperidine rings is 1. The number of carbonyl (C=O) groups is 1. The molecular formula is C14H28N2O2. The number of nitrogens with one attached hydrogen (secondary N) is 1. The first kappa shape index (κ1) is 15.4. The van der Waals surface area contributed by atoms with Crippen LogP contribution in [0.25, 0.3) is 0 Å². The van der Waals surface area contributed by atoms with Crippen molar-refractivity contribution in [3.8, 4) is 0 Å². The number of hydrogen-bond acceptors (Lipinski definition) is 4. The van der Waals surface area contributed by atoms with E-state index < -0.39 is 0 Å². The van der Waals surface area contributed by atoms with Gasteiger partial charge >= 0.3 is 5.97 Å². The van der Waals surface area contributed by atoms with E-state index in [0.717, 1.165) is 25.6 Å². The fraction of sp³-hybridized carbons (Fsp3) is 0.929. The third-order valence-corrected chi connectivity index (χ3v) is 3.42. The van der Waals surface area contributed by atoms with Crippen molar-refractivity contribution in [1.29, 1.82) is 0 Å². The zero-order valence-electron chi connectivity index (χ0n) is 12.2. The molecule has 0 amide bonds. The van der Waals surface area contributed by atoms with Gasteiger partial charge in [0, 0.05) is 12.6 Å². The van der Waals surface area contributed by atoms with E-state index >= 15 is 0 Å². The smallest absolute Gasteiger partial charge is 0.324 e. The van der Waals surface area contributed by atoms with Crippen molar-refractivity contribution in [2.45, 2.75) is 52.6 Å². The van der Waals surface area contributed by atoms with Crippen molar-refractivity contribution >= 4 is 5.97 Å². The molecule has 0 aliphatic carbocycles. The monoisotopic (exact) mass is 256 g/mol. The molecule has 1 fully saturated rings. The highest BCUT2D eigenvalue weighted by atomic mass is 16.5. The summed E-state index contributed by atoms with van der Waals surface area (Å²) >= 11 is 0.